The van der Waals surface area contributed by atoms with Crippen LogP contribution in [0.25, 0.3) is 0 Å². The first-order chi connectivity index (χ1) is 5.09. The average Bonchev–Trinajstić information content (AvgIpc) is 2.09. The lowest BCUT2D eigenvalue weighted by atomic mass is 10.5. The average molecular weight is 159 g/mol. The van der Waals surface area contributed by atoms with E-state index in [-0.39, 0.29) is 0 Å². The SMILES string of the molecule is O=C(O)N[C@H]1NC(=O)NC1=O. The summed E-state index contributed by atoms with van der Waals surface area (Å²) in [5.74, 6) is -0.697. The van der Waals surface area contributed by atoms with Crippen molar-refractivity contribution in [2.24, 2.45) is 0 Å². The third-order valence-corrected chi connectivity index (χ3v) is 1.04. The number of imide groups is 1. The van der Waals surface area contributed by atoms with E-state index >= 15 is 0 Å². The summed E-state index contributed by atoms with van der Waals surface area (Å²) in [7, 11) is 0. The molecule has 0 bridgehead atoms. The predicted molar refractivity (Wildman–Crippen MR) is 31.6 cm³/mol. The fraction of sp³-hybridized carbons (Fsp3) is 0.250. The van der Waals surface area contributed by atoms with Crippen molar-refractivity contribution in [1.82, 2.24) is 16.0 Å². The number of nitrogens with one attached hydrogen (secondary N) is 3. The van der Waals surface area contributed by atoms with Gasteiger partial charge in [0.25, 0.3) is 5.91 Å². The van der Waals surface area contributed by atoms with Gasteiger partial charge in [-0.25, -0.2) is 9.59 Å². The molecule has 1 aliphatic rings. The Labute approximate surface area is 60.8 Å². The molecule has 0 spiro atoms. The maximum absolute atomic E-state index is 10.6. The highest BCUT2D eigenvalue weighted by Crippen LogP contribution is 1.87. The van der Waals surface area contributed by atoms with Crippen LogP contribution in [-0.4, -0.2) is 29.3 Å². The molecule has 7 nitrogen and oxygen atoms in total. The summed E-state index contributed by atoms with van der Waals surface area (Å²) in [4.78, 5) is 30.9. The Hall–Kier alpha value is -1.79. The van der Waals surface area contributed by atoms with Gasteiger partial charge in [-0.3, -0.25) is 15.4 Å². The molecule has 0 aromatic heterocycles. The molecule has 60 valence electrons. The van der Waals surface area contributed by atoms with Gasteiger partial charge in [-0.1, -0.05) is 0 Å². The number of amides is 4. The molecule has 0 aliphatic carbocycles. The van der Waals surface area contributed by atoms with Crippen molar-refractivity contribution in [1.29, 1.82) is 0 Å². The zero-order valence-corrected chi connectivity index (χ0v) is 5.25. The second kappa shape index (κ2) is 2.45. The van der Waals surface area contributed by atoms with E-state index in [0.29, 0.717) is 0 Å². The van der Waals surface area contributed by atoms with Crippen molar-refractivity contribution in [2.45, 2.75) is 6.17 Å². The van der Waals surface area contributed by atoms with Crippen LogP contribution >= 0.6 is 0 Å². The van der Waals surface area contributed by atoms with Gasteiger partial charge in [0.2, 0.25) is 0 Å². The first-order valence-corrected chi connectivity index (χ1v) is 2.70. The molecule has 1 heterocycles. The van der Waals surface area contributed by atoms with E-state index in [1.54, 1.807) is 5.32 Å². The van der Waals surface area contributed by atoms with E-state index in [1.807, 2.05) is 10.6 Å². The van der Waals surface area contributed by atoms with Gasteiger partial charge in [-0.15, -0.1) is 0 Å². The zero-order valence-electron chi connectivity index (χ0n) is 5.25. The minimum Gasteiger partial charge on any atom is -0.465 e. The van der Waals surface area contributed by atoms with E-state index in [9.17, 15) is 14.4 Å². The van der Waals surface area contributed by atoms with Crippen LogP contribution in [0.4, 0.5) is 9.59 Å². The number of urea groups is 1. The molecular weight excluding hydrogens is 154 g/mol. The summed E-state index contributed by atoms with van der Waals surface area (Å²) in [6, 6.07) is -0.700. The number of hydrogen-bond acceptors (Lipinski definition) is 3. The van der Waals surface area contributed by atoms with Crippen molar-refractivity contribution in [3.8, 4) is 0 Å². The second-order valence-corrected chi connectivity index (χ2v) is 1.85. The molecule has 0 radical (unpaired) electrons. The molecule has 7 heteroatoms. The number of hydrogen-bond donors (Lipinski definition) is 4. The van der Waals surface area contributed by atoms with Crippen molar-refractivity contribution >= 4 is 18.0 Å². The van der Waals surface area contributed by atoms with Crippen molar-refractivity contribution in [3.63, 3.8) is 0 Å². The molecule has 1 saturated heterocycles. The highest BCUT2D eigenvalue weighted by Gasteiger charge is 2.30. The van der Waals surface area contributed by atoms with Gasteiger partial charge in [0.05, 0.1) is 0 Å². The Morgan fingerprint density at radius 2 is 2.18 bits per heavy atom. The van der Waals surface area contributed by atoms with Gasteiger partial charge < -0.3 is 10.4 Å². The van der Waals surface area contributed by atoms with Crippen molar-refractivity contribution in [2.75, 3.05) is 0 Å². The van der Waals surface area contributed by atoms with E-state index in [2.05, 4.69) is 0 Å². The summed E-state index contributed by atoms with van der Waals surface area (Å²) in [6.07, 6.45) is -2.53. The Morgan fingerprint density at radius 3 is 2.55 bits per heavy atom. The molecular formula is C4H5N3O4. The minimum absolute atomic E-state index is 0.697. The van der Waals surface area contributed by atoms with Crippen LogP contribution in [0, 0.1) is 0 Å². The third-order valence-electron chi connectivity index (χ3n) is 1.04. The highest BCUT2D eigenvalue weighted by atomic mass is 16.4. The van der Waals surface area contributed by atoms with Gasteiger partial charge in [-0.2, -0.15) is 0 Å². The van der Waals surface area contributed by atoms with E-state index in [1.165, 1.54) is 0 Å². The zero-order chi connectivity index (χ0) is 8.43. The Morgan fingerprint density at radius 1 is 1.55 bits per heavy atom. The summed E-state index contributed by atoms with van der Waals surface area (Å²) < 4.78 is 0. The molecule has 4 amide bonds. The van der Waals surface area contributed by atoms with E-state index in [0.717, 1.165) is 0 Å². The summed E-state index contributed by atoms with van der Waals surface area (Å²) in [6.45, 7) is 0. The largest absolute Gasteiger partial charge is 0.465 e. The van der Waals surface area contributed by atoms with Crippen LogP contribution in [0.2, 0.25) is 0 Å². The van der Waals surface area contributed by atoms with Gasteiger partial charge in [0, 0.05) is 0 Å². The van der Waals surface area contributed by atoms with Crippen molar-refractivity contribution in [3.05, 3.63) is 0 Å². The summed E-state index contributed by atoms with van der Waals surface area (Å²) >= 11 is 0. The number of carbonyl (C=O) groups excluding carboxylic acids is 2. The molecule has 1 atom stereocenters. The quantitative estimate of drug-likeness (QED) is 0.346. The maximum atomic E-state index is 10.6. The van der Waals surface area contributed by atoms with Gasteiger partial charge in [0.15, 0.2) is 6.17 Å². The number of carbonyl (C=O) groups is 3. The van der Waals surface area contributed by atoms with Crippen molar-refractivity contribution < 1.29 is 19.5 Å². The first kappa shape index (κ1) is 7.32. The lowest BCUT2D eigenvalue weighted by Gasteiger charge is -2.04. The third kappa shape index (κ3) is 1.57. The van der Waals surface area contributed by atoms with Gasteiger partial charge in [0.1, 0.15) is 0 Å². The molecule has 4 N–H and O–H groups in total. The first-order valence-electron chi connectivity index (χ1n) is 2.70. The molecule has 0 unspecified atom stereocenters. The highest BCUT2D eigenvalue weighted by molar-refractivity contribution is 6.04. The fourth-order valence-electron chi connectivity index (χ4n) is 0.642. The Balaban J connectivity index is 2.53. The molecule has 1 rings (SSSR count). The normalized spacial score (nSPS) is 22.4. The van der Waals surface area contributed by atoms with Crippen LogP contribution in [0.15, 0.2) is 0 Å². The molecule has 1 aliphatic heterocycles. The number of rotatable bonds is 1. The molecule has 11 heavy (non-hydrogen) atoms. The predicted octanol–water partition coefficient (Wildman–Crippen LogP) is -1.58. The standard InChI is InChI=1S/C4H5N3O4/c8-2-1(6-4(10)11)5-3(9)7-2/h1,6H,(H,10,11)(H2,5,7,8,9)/t1-/m1/s1. The fourth-order valence-corrected chi connectivity index (χ4v) is 0.642. The maximum Gasteiger partial charge on any atom is 0.406 e. The molecule has 0 aromatic rings. The van der Waals surface area contributed by atoms with Crippen LogP contribution in [0.3, 0.4) is 0 Å². The van der Waals surface area contributed by atoms with Gasteiger partial charge in [-0.05, 0) is 0 Å². The molecule has 1 fully saturated rings. The Bertz CT molecular complexity index is 225. The van der Waals surface area contributed by atoms with Crippen LogP contribution in [0.1, 0.15) is 0 Å². The van der Waals surface area contributed by atoms with Gasteiger partial charge >= 0.3 is 12.1 Å². The topological polar surface area (TPSA) is 108 Å². The number of carboxylic acid groups (broad SMARTS) is 1. The molecule has 0 aromatic carbocycles. The summed E-state index contributed by atoms with van der Waals surface area (Å²) in [5, 5.41) is 13.8. The smallest absolute Gasteiger partial charge is 0.406 e. The summed E-state index contributed by atoms with van der Waals surface area (Å²) in [5.41, 5.74) is 0. The van der Waals surface area contributed by atoms with Crippen LogP contribution in [-0.2, 0) is 4.79 Å². The van der Waals surface area contributed by atoms with Crippen LogP contribution < -0.4 is 16.0 Å². The minimum atomic E-state index is -1.37. The Kier molecular flexibility index (Phi) is 1.63. The lowest BCUT2D eigenvalue weighted by Crippen LogP contribution is -2.45. The molecule has 0 saturated carbocycles. The monoisotopic (exact) mass is 159 g/mol. The van der Waals surface area contributed by atoms with Crippen LogP contribution in [0.5, 0.6) is 0 Å². The van der Waals surface area contributed by atoms with E-state index in [4.69, 9.17) is 5.11 Å². The lowest BCUT2D eigenvalue weighted by molar-refractivity contribution is -0.120. The second-order valence-electron chi connectivity index (χ2n) is 1.85. The van der Waals surface area contributed by atoms with E-state index < -0.39 is 24.2 Å².